The molecule has 3 amide bonds. The Labute approximate surface area is 245 Å². The molecule has 0 aromatic heterocycles. The number of carbonyl (C=O) groups excluding carboxylic acids is 3. The van der Waals surface area contributed by atoms with E-state index in [1.165, 1.54) is 17.0 Å². The summed E-state index contributed by atoms with van der Waals surface area (Å²) in [5.41, 5.74) is 15.9. The van der Waals surface area contributed by atoms with Crippen LogP contribution in [0.5, 0.6) is 0 Å². The Morgan fingerprint density at radius 2 is 1.60 bits per heavy atom. The van der Waals surface area contributed by atoms with Crippen LogP contribution >= 0.6 is 0 Å². The Kier molecular flexibility index (Phi) is 15.8. The van der Waals surface area contributed by atoms with Crippen LogP contribution in [0.3, 0.4) is 0 Å². The zero-order chi connectivity index (χ0) is 32.7. The highest BCUT2D eigenvalue weighted by atomic mass is 19.4. The van der Waals surface area contributed by atoms with Crippen molar-refractivity contribution in [2.75, 3.05) is 38.0 Å². The van der Waals surface area contributed by atoms with E-state index in [4.69, 9.17) is 27.2 Å². The lowest BCUT2D eigenvalue weighted by Crippen LogP contribution is -2.45. The van der Waals surface area contributed by atoms with Crippen molar-refractivity contribution in [3.8, 4) is 0 Å². The van der Waals surface area contributed by atoms with Gasteiger partial charge in [-0.1, -0.05) is 19.1 Å². The first kappa shape index (κ1) is 37.4. The van der Waals surface area contributed by atoms with Gasteiger partial charge in [0, 0.05) is 32.6 Å². The molecular weight excluding hydrogens is 582 g/mol. The minimum Gasteiger partial charge on any atom is -0.423 e. The van der Waals surface area contributed by atoms with Gasteiger partial charge < -0.3 is 42.8 Å². The third kappa shape index (κ3) is 13.0. The summed E-state index contributed by atoms with van der Waals surface area (Å²) in [6.45, 7) is 2.46. The molecule has 1 atom stereocenters. The van der Waals surface area contributed by atoms with Crippen molar-refractivity contribution in [3.63, 3.8) is 0 Å². The second-order valence-electron chi connectivity index (χ2n) is 9.16. The van der Waals surface area contributed by atoms with Gasteiger partial charge in [0.25, 0.3) is 0 Å². The molecule has 0 spiro atoms. The predicted octanol–water partition coefficient (Wildman–Crippen LogP) is -0.179. The van der Waals surface area contributed by atoms with E-state index in [-0.39, 0.29) is 37.3 Å². The molecule has 0 radical (unpaired) electrons. The Morgan fingerprint density at radius 1 is 1.02 bits per heavy atom. The molecule has 0 bridgehead atoms. The van der Waals surface area contributed by atoms with Gasteiger partial charge in [-0.3, -0.25) is 14.4 Å². The zero-order valence-electron chi connectivity index (χ0n) is 23.5. The second-order valence-corrected chi connectivity index (χ2v) is 9.16. The lowest BCUT2D eigenvalue weighted by atomic mass is 9.80. The van der Waals surface area contributed by atoms with E-state index in [2.05, 4.69) is 5.32 Å². The molecule has 11 nitrogen and oxygen atoms in total. The lowest BCUT2D eigenvalue weighted by Gasteiger charge is -2.22. The molecule has 0 heterocycles. The molecule has 0 aliphatic rings. The third-order valence-electron chi connectivity index (χ3n) is 5.89. The van der Waals surface area contributed by atoms with Gasteiger partial charge >= 0.3 is 13.3 Å². The summed E-state index contributed by atoms with van der Waals surface area (Å²) in [5.74, 6) is -4.69. The Hall–Kier alpha value is -3.64. The minimum absolute atomic E-state index is 0.00814. The van der Waals surface area contributed by atoms with Gasteiger partial charge in [-0.05, 0) is 48.1 Å². The second kappa shape index (κ2) is 18.1. The number of amides is 3. The number of alkyl halides is 3. The van der Waals surface area contributed by atoms with Crippen LogP contribution in [0, 0.1) is 11.6 Å². The minimum atomic E-state index is -4.22. The molecular formula is C26H36BF5N6O5. The van der Waals surface area contributed by atoms with Gasteiger partial charge in [0.2, 0.25) is 17.7 Å². The van der Waals surface area contributed by atoms with Crippen LogP contribution in [0.25, 0.3) is 0 Å². The topological polar surface area (TPSA) is 197 Å². The van der Waals surface area contributed by atoms with Crippen molar-refractivity contribution >= 4 is 36.0 Å². The molecule has 0 saturated heterocycles. The van der Waals surface area contributed by atoms with E-state index in [0.717, 1.165) is 30.2 Å². The van der Waals surface area contributed by atoms with E-state index in [1.807, 2.05) is 12.2 Å². The number of benzene rings is 2. The van der Waals surface area contributed by atoms with Gasteiger partial charge in [0.05, 0.1) is 23.8 Å². The van der Waals surface area contributed by atoms with E-state index in [0.29, 0.717) is 19.2 Å². The van der Waals surface area contributed by atoms with E-state index < -0.39 is 60.6 Å². The number of anilines is 1. The fourth-order valence-electron chi connectivity index (χ4n) is 3.51. The van der Waals surface area contributed by atoms with Crippen molar-refractivity contribution in [2.24, 2.45) is 17.2 Å². The summed E-state index contributed by atoms with van der Waals surface area (Å²) in [5, 5.41) is 22.4. The van der Waals surface area contributed by atoms with Crippen molar-refractivity contribution < 1.29 is 46.4 Å². The largest absolute Gasteiger partial charge is 0.488 e. The number of nitrogens with two attached hydrogens (primary N) is 3. The Morgan fingerprint density at radius 3 is 2.09 bits per heavy atom. The highest BCUT2D eigenvalue weighted by molar-refractivity contribution is 6.58. The number of aryl methyl sites for hydroxylation is 1. The van der Waals surface area contributed by atoms with Gasteiger partial charge in [-0.2, -0.15) is 13.2 Å². The van der Waals surface area contributed by atoms with Crippen molar-refractivity contribution in [1.82, 2.24) is 10.2 Å². The number of nitrogens with one attached hydrogen (secondary N) is 2. The monoisotopic (exact) mass is 618 g/mol. The van der Waals surface area contributed by atoms with Crippen molar-refractivity contribution in [3.05, 3.63) is 59.2 Å². The maximum absolute atomic E-state index is 13.8. The lowest BCUT2D eigenvalue weighted by molar-refractivity contribution is -0.137. The smallest absolute Gasteiger partial charge is 0.423 e. The number of hydrogen-bond donors (Lipinski definition) is 7. The molecule has 0 saturated carbocycles. The molecule has 2 aromatic carbocycles. The van der Waals surface area contributed by atoms with Gasteiger partial charge in [-0.15, -0.1) is 0 Å². The zero-order valence-corrected chi connectivity index (χ0v) is 23.5. The average Bonchev–Trinajstić information content (AvgIpc) is 2.96. The summed E-state index contributed by atoms with van der Waals surface area (Å²) in [7, 11) is -2.07. The molecule has 238 valence electrons. The Balaban J connectivity index is 0.000000639. The first-order valence-corrected chi connectivity index (χ1v) is 13.2. The molecule has 17 heteroatoms. The van der Waals surface area contributed by atoms with E-state index >= 15 is 0 Å². The van der Waals surface area contributed by atoms with Crippen LogP contribution < -0.4 is 33.3 Å². The summed E-state index contributed by atoms with van der Waals surface area (Å²) >= 11 is 0. The van der Waals surface area contributed by atoms with Gasteiger partial charge in [-0.25, -0.2) is 8.78 Å². The number of carbonyl (C=O) groups is 3. The van der Waals surface area contributed by atoms with Crippen LogP contribution in [0.15, 0.2) is 36.4 Å². The molecule has 0 aliphatic heterocycles. The van der Waals surface area contributed by atoms with Crippen LogP contribution in [0.4, 0.5) is 27.6 Å². The van der Waals surface area contributed by atoms with E-state index in [1.54, 1.807) is 0 Å². The number of halogens is 5. The van der Waals surface area contributed by atoms with Gasteiger partial charge in [0.1, 0.15) is 0 Å². The molecule has 10 N–H and O–H groups in total. The number of rotatable bonds is 13. The molecule has 0 aliphatic carbocycles. The molecule has 0 fully saturated rings. The standard InChI is InChI=1S/C17H27BF2N6O5.C9H9F3/c19-11-7-10(18(30)31)8-13(16(11)20)25-14(27)9-24-17(29)12(23)1-2-15(28)26(5-3-21)6-4-22;1-2-7-3-5-8(6-4-7)9(10,11)12/h7-8,12,30-31H,1-6,9,21-23H2,(H,24,29)(H,25,27);3-6H,2H2,1H3. The van der Waals surface area contributed by atoms with E-state index in [9.17, 15) is 36.3 Å². The summed E-state index contributed by atoms with van der Waals surface area (Å²) in [4.78, 5) is 37.5. The highest BCUT2D eigenvalue weighted by Gasteiger charge is 2.29. The van der Waals surface area contributed by atoms with Crippen molar-refractivity contribution in [2.45, 2.75) is 38.4 Å². The number of hydrogen-bond acceptors (Lipinski definition) is 8. The van der Waals surface area contributed by atoms with Crippen LogP contribution in [-0.4, -0.2) is 78.6 Å². The Bertz CT molecular complexity index is 1200. The summed E-state index contributed by atoms with van der Waals surface area (Å²) < 4.78 is 63.3. The summed E-state index contributed by atoms with van der Waals surface area (Å²) in [6, 6.07) is 5.55. The highest BCUT2D eigenvalue weighted by Crippen LogP contribution is 2.29. The van der Waals surface area contributed by atoms with Crippen LogP contribution in [0.1, 0.15) is 30.9 Å². The fourth-order valence-corrected chi connectivity index (χ4v) is 3.51. The average molecular weight is 618 g/mol. The fraction of sp³-hybridized carbons (Fsp3) is 0.423. The SMILES string of the molecule is CCc1ccc(C(F)(F)F)cc1.NCCN(CCN)C(=O)CCC(N)C(=O)NCC(=O)Nc1cc(B(O)O)cc(F)c1F. The summed E-state index contributed by atoms with van der Waals surface area (Å²) in [6.07, 6.45) is -3.47. The third-order valence-corrected chi connectivity index (χ3v) is 5.89. The molecule has 1 unspecified atom stereocenters. The normalized spacial score (nSPS) is 11.6. The maximum atomic E-state index is 13.8. The maximum Gasteiger partial charge on any atom is 0.488 e. The molecule has 43 heavy (non-hydrogen) atoms. The van der Waals surface area contributed by atoms with Crippen LogP contribution in [0.2, 0.25) is 0 Å². The first-order valence-electron chi connectivity index (χ1n) is 13.2. The number of nitrogens with zero attached hydrogens (tertiary/aromatic N) is 1. The first-order chi connectivity index (χ1) is 20.1. The quantitative estimate of drug-likeness (QED) is 0.119. The predicted molar refractivity (Wildman–Crippen MR) is 151 cm³/mol. The van der Waals surface area contributed by atoms with Crippen LogP contribution in [-0.2, 0) is 27.0 Å². The molecule has 2 aromatic rings. The van der Waals surface area contributed by atoms with Gasteiger partial charge in [0.15, 0.2) is 11.6 Å². The van der Waals surface area contributed by atoms with Crippen molar-refractivity contribution in [1.29, 1.82) is 0 Å². The molecule has 2 rings (SSSR count).